The molecule has 0 saturated carbocycles. The predicted octanol–water partition coefficient (Wildman–Crippen LogP) is 2.61. The van der Waals surface area contributed by atoms with Crippen LogP contribution in [0.15, 0.2) is 42.6 Å². The number of rotatable bonds is 4. The normalized spacial score (nSPS) is 15.9. The van der Waals surface area contributed by atoms with E-state index in [2.05, 4.69) is 15.3 Å². The highest BCUT2D eigenvalue weighted by atomic mass is 32.2. The van der Waals surface area contributed by atoms with Gasteiger partial charge in [-0.25, -0.2) is 13.7 Å². The summed E-state index contributed by atoms with van der Waals surface area (Å²) in [6.07, 6.45) is 4.10. The molecular formula is C20H18FN4O3S-. The number of hydrogen-bond acceptors (Lipinski definition) is 4. The van der Waals surface area contributed by atoms with Crippen LogP contribution in [0.1, 0.15) is 22.5 Å². The van der Waals surface area contributed by atoms with E-state index >= 15 is 0 Å². The fourth-order valence-corrected chi connectivity index (χ4v) is 3.92. The standard InChI is InChI=1S/C20H19FN4O3S/c1-22-20(26)15-3-2-13(10-17(15)21)14-4-7-23-19-16(14)11-18(24-19)12-5-8-25(9-6-12)29(27)28/h2-5,7,10-11H,6,8-9H2,1H3,(H,22,26)(H,23,24)(H,27,28)/p-1. The van der Waals surface area contributed by atoms with Crippen LogP contribution in [0, 0.1) is 5.82 Å². The molecule has 0 bridgehead atoms. The molecule has 4 rings (SSSR count). The van der Waals surface area contributed by atoms with E-state index < -0.39 is 23.0 Å². The first-order chi connectivity index (χ1) is 14.0. The van der Waals surface area contributed by atoms with Gasteiger partial charge in [-0.05, 0) is 47.4 Å². The Morgan fingerprint density at radius 1 is 1.34 bits per heavy atom. The van der Waals surface area contributed by atoms with Crippen LogP contribution < -0.4 is 5.32 Å². The lowest BCUT2D eigenvalue weighted by molar-refractivity contribution is 0.0959. The van der Waals surface area contributed by atoms with Gasteiger partial charge in [-0.2, -0.15) is 0 Å². The van der Waals surface area contributed by atoms with E-state index in [-0.39, 0.29) is 5.56 Å². The highest BCUT2D eigenvalue weighted by Crippen LogP contribution is 2.32. The first-order valence-corrected chi connectivity index (χ1v) is 10.0. The van der Waals surface area contributed by atoms with Crippen molar-refractivity contribution in [2.24, 2.45) is 0 Å². The maximum atomic E-state index is 14.4. The number of carbonyl (C=O) groups excluding carboxylic acids is 1. The van der Waals surface area contributed by atoms with Crippen LogP contribution in [-0.2, 0) is 11.3 Å². The highest BCUT2D eigenvalue weighted by molar-refractivity contribution is 7.76. The zero-order valence-corrected chi connectivity index (χ0v) is 16.4. The third-order valence-corrected chi connectivity index (χ3v) is 5.77. The van der Waals surface area contributed by atoms with Crippen LogP contribution in [0.4, 0.5) is 4.39 Å². The summed E-state index contributed by atoms with van der Waals surface area (Å²) in [5.41, 5.74) is 3.95. The first-order valence-electron chi connectivity index (χ1n) is 9.01. The van der Waals surface area contributed by atoms with Gasteiger partial charge in [-0.3, -0.25) is 9.00 Å². The predicted molar refractivity (Wildman–Crippen MR) is 108 cm³/mol. The van der Waals surface area contributed by atoms with Gasteiger partial charge in [-0.1, -0.05) is 12.1 Å². The van der Waals surface area contributed by atoms with Gasteiger partial charge >= 0.3 is 0 Å². The number of fused-ring (bicyclic) bond motifs is 1. The molecule has 0 fully saturated rings. The van der Waals surface area contributed by atoms with Gasteiger partial charge in [0, 0.05) is 48.7 Å². The molecule has 0 radical (unpaired) electrons. The van der Waals surface area contributed by atoms with Crippen molar-refractivity contribution in [1.82, 2.24) is 19.6 Å². The van der Waals surface area contributed by atoms with E-state index in [9.17, 15) is 17.9 Å². The van der Waals surface area contributed by atoms with Crippen molar-refractivity contribution in [3.63, 3.8) is 0 Å². The number of benzene rings is 1. The highest BCUT2D eigenvalue weighted by Gasteiger charge is 2.17. The molecule has 0 saturated heterocycles. The van der Waals surface area contributed by atoms with Crippen LogP contribution in [0.5, 0.6) is 0 Å². The number of aromatic amines is 1. The van der Waals surface area contributed by atoms with Gasteiger partial charge in [-0.15, -0.1) is 0 Å². The lowest BCUT2D eigenvalue weighted by Gasteiger charge is -2.27. The second-order valence-corrected chi connectivity index (χ2v) is 7.61. The fraction of sp³-hybridized carbons (Fsp3) is 0.200. The van der Waals surface area contributed by atoms with Crippen LogP contribution in [0.3, 0.4) is 0 Å². The van der Waals surface area contributed by atoms with Gasteiger partial charge in [0.25, 0.3) is 5.91 Å². The number of hydrogen-bond donors (Lipinski definition) is 2. The molecule has 1 unspecified atom stereocenters. The van der Waals surface area contributed by atoms with Gasteiger partial charge in [0.05, 0.1) is 5.56 Å². The SMILES string of the molecule is CNC(=O)c1ccc(-c2ccnc3[nH]c(C4=CCN(S(=O)[O-])CC4)cc23)cc1F. The van der Waals surface area contributed by atoms with E-state index in [1.807, 2.05) is 12.1 Å². The second kappa shape index (κ2) is 7.86. The number of amides is 1. The van der Waals surface area contributed by atoms with Crippen molar-refractivity contribution in [1.29, 1.82) is 0 Å². The summed E-state index contributed by atoms with van der Waals surface area (Å²) < 4.78 is 37.9. The van der Waals surface area contributed by atoms with Crippen molar-refractivity contribution in [2.75, 3.05) is 20.1 Å². The number of aromatic nitrogens is 2. The summed E-state index contributed by atoms with van der Waals surface area (Å²) in [7, 11) is 1.46. The molecule has 7 nitrogen and oxygen atoms in total. The molecule has 1 aromatic carbocycles. The molecule has 0 spiro atoms. The van der Waals surface area contributed by atoms with Crippen LogP contribution in [0.25, 0.3) is 27.7 Å². The molecule has 1 aliphatic rings. The summed E-state index contributed by atoms with van der Waals surface area (Å²) in [5.74, 6) is -1.07. The summed E-state index contributed by atoms with van der Waals surface area (Å²) >= 11 is -2.22. The zero-order chi connectivity index (χ0) is 20.5. The molecule has 1 amide bonds. The molecular weight excluding hydrogens is 395 g/mol. The first kappa shape index (κ1) is 19.4. The molecule has 3 heterocycles. The number of pyridine rings is 1. The van der Waals surface area contributed by atoms with Gasteiger partial charge in [0.1, 0.15) is 11.5 Å². The Hall–Kier alpha value is -2.88. The minimum atomic E-state index is -2.22. The molecule has 29 heavy (non-hydrogen) atoms. The third kappa shape index (κ3) is 3.71. The molecule has 2 N–H and O–H groups in total. The van der Waals surface area contributed by atoms with E-state index in [0.717, 1.165) is 22.2 Å². The number of H-pyrrole nitrogens is 1. The average Bonchev–Trinajstić information content (AvgIpc) is 3.17. The summed E-state index contributed by atoms with van der Waals surface area (Å²) in [6, 6.07) is 8.25. The Balaban J connectivity index is 1.72. The fourth-order valence-electron chi connectivity index (χ4n) is 3.48. The van der Waals surface area contributed by atoms with Crippen molar-refractivity contribution in [3.05, 3.63) is 59.7 Å². The molecule has 1 atom stereocenters. The Morgan fingerprint density at radius 2 is 2.17 bits per heavy atom. The van der Waals surface area contributed by atoms with Crippen LogP contribution in [0.2, 0.25) is 0 Å². The topological polar surface area (TPSA) is 101 Å². The maximum Gasteiger partial charge on any atom is 0.253 e. The van der Waals surface area contributed by atoms with Gasteiger partial charge in [0.15, 0.2) is 0 Å². The zero-order valence-electron chi connectivity index (χ0n) is 15.6. The second-order valence-electron chi connectivity index (χ2n) is 6.66. The molecule has 0 aliphatic carbocycles. The number of nitrogens with one attached hydrogen (secondary N) is 2. The van der Waals surface area contributed by atoms with Crippen LogP contribution in [-0.4, -0.2) is 49.1 Å². The molecule has 9 heteroatoms. The average molecular weight is 413 g/mol. The van der Waals surface area contributed by atoms with Gasteiger partial charge in [0.2, 0.25) is 0 Å². The summed E-state index contributed by atoms with van der Waals surface area (Å²) in [6.45, 7) is 0.747. The number of carbonyl (C=O) groups is 1. The molecule has 150 valence electrons. The summed E-state index contributed by atoms with van der Waals surface area (Å²) in [4.78, 5) is 19.3. The lowest BCUT2D eigenvalue weighted by Crippen LogP contribution is -2.30. The number of nitrogens with zero attached hydrogens (tertiary/aromatic N) is 2. The monoisotopic (exact) mass is 413 g/mol. The largest absolute Gasteiger partial charge is 0.760 e. The summed E-state index contributed by atoms with van der Waals surface area (Å²) in [5, 5.41) is 3.24. The quantitative estimate of drug-likeness (QED) is 0.642. The molecule has 3 aromatic rings. The van der Waals surface area contributed by atoms with Crippen molar-refractivity contribution in [3.8, 4) is 11.1 Å². The molecule has 2 aromatic heterocycles. The third-order valence-electron chi connectivity index (χ3n) is 5.01. The Morgan fingerprint density at radius 3 is 2.83 bits per heavy atom. The van der Waals surface area contributed by atoms with Gasteiger partial charge < -0.3 is 14.9 Å². The van der Waals surface area contributed by atoms with E-state index in [4.69, 9.17) is 0 Å². The van der Waals surface area contributed by atoms with Crippen LogP contribution >= 0.6 is 0 Å². The number of halogens is 1. The molecule has 1 aliphatic heterocycles. The smallest absolute Gasteiger partial charge is 0.253 e. The maximum absolute atomic E-state index is 14.4. The Bertz CT molecular complexity index is 1160. The van der Waals surface area contributed by atoms with Crippen molar-refractivity contribution < 1.29 is 17.9 Å². The Kier molecular flexibility index (Phi) is 5.27. The van der Waals surface area contributed by atoms with E-state index in [1.165, 1.54) is 23.5 Å². The minimum absolute atomic E-state index is 0.0102. The van der Waals surface area contributed by atoms with E-state index in [0.29, 0.717) is 30.7 Å². The van der Waals surface area contributed by atoms with Crippen molar-refractivity contribution in [2.45, 2.75) is 6.42 Å². The minimum Gasteiger partial charge on any atom is -0.760 e. The Labute approximate surface area is 169 Å². The van der Waals surface area contributed by atoms with Crippen molar-refractivity contribution >= 4 is 33.8 Å². The van der Waals surface area contributed by atoms with E-state index in [1.54, 1.807) is 18.3 Å². The lowest BCUT2D eigenvalue weighted by atomic mass is 10.0.